The number of carboxylic acid groups (broad SMARTS) is 1. The molecule has 1 aliphatic heterocycles. The molecule has 0 aromatic heterocycles. The van der Waals surface area contributed by atoms with Crippen molar-refractivity contribution in [1.29, 1.82) is 0 Å². The summed E-state index contributed by atoms with van der Waals surface area (Å²) < 4.78 is 0. The van der Waals surface area contributed by atoms with Crippen molar-refractivity contribution in [2.75, 3.05) is 6.54 Å². The minimum atomic E-state index is -0.930. The number of hydrogen-bond donors (Lipinski definition) is 2. The summed E-state index contributed by atoms with van der Waals surface area (Å²) in [6.07, 6.45) is 0.744. The van der Waals surface area contributed by atoms with Crippen LogP contribution in [0.3, 0.4) is 0 Å². The summed E-state index contributed by atoms with van der Waals surface area (Å²) in [6.45, 7) is 2.93. The van der Waals surface area contributed by atoms with Gasteiger partial charge in [-0.2, -0.15) is 0 Å². The maximum Gasteiger partial charge on any atom is 0.336 e. The van der Waals surface area contributed by atoms with Crippen molar-refractivity contribution >= 4 is 11.9 Å². The first-order valence-electron chi connectivity index (χ1n) is 5.88. The summed E-state index contributed by atoms with van der Waals surface area (Å²) in [5.41, 5.74) is 7.44. The average molecular weight is 248 g/mol. The summed E-state index contributed by atoms with van der Waals surface area (Å²) in [5.74, 6) is -1.31. The van der Waals surface area contributed by atoms with Crippen molar-refractivity contribution in [3.8, 4) is 0 Å². The van der Waals surface area contributed by atoms with Crippen LogP contribution in [0.1, 0.15) is 28.4 Å². The fourth-order valence-electron chi connectivity index (χ4n) is 2.31. The van der Waals surface area contributed by atoms with E-state index in [2.05, 4.69) is 0 Å². The zero-order chi connectivity index (χ0) is 13.3. The number of amides is 1. The van der Waals surface area contributed by atoms with E-state index in [0.29, 0.717) is 12.1 Å². The smallest absolute Gasteiger partial charge is 0.336 e. The molecule has 1 unspecified atom stereocenters. The van der Waals surface area contributed by atoms with E-state index in [-0.39, 0.29) is 11.9 Å². The molecule has 1 aliphatic rings. The number of nitrogens with zero attached hydrogens (tertiary/aromatic N) is 1. The molecule has 2 rings (SSSR count). The van der Waals surface area contributed by atoms with Crippen LogP contribution in [-0.4, -0.2) is 34.5 Å². The van der Waals surface area contributed by atoms with Crippen LogP contribution in [0.2, 0.25) is 0 Å². The van der Waals surface area contributed by atoms with Crippen LogP contribution >= 0.6 is 0 Å². The van der Waals surface area contributed by atoms with Gasteiger partial charge in [0, 0.05) is 13.1 Å². The highest BCUT2D eigenvalue weighted by molar-refractivity contribution is 5.90. The normalized spacial score (nSPS) is 16.9. The molecule has 0 saturated heterocycles. The highest BCUT2D eigenvalue weighted by Gasteiger charge is 2.26. The molecule has 1 atom stereocenters. The molecule has 1 aromatic rings. The van der Waals surface area contributed by atoms with Crippen molar-refractivity contribution in [2.24, 2.45) is 5.73 Å². The lowest BCUT2D eigenvalue weighted by Gasteiger charge is -2.32. The summed E-state index contributed by atoms with van der Waals surface area (Å²) >= 11 is 0. The van der Waals surface area contributed by atoms with Crippen molar-refractivity contribution < 1.29 is 14.7 Å². The molecule has 5 nitrogen and oxygen atoms in total. The molecule has 0 bridgehead atoms. The lowest BCUT2D eigenvalue weighted by Crippen LogP contribution is -2.45. The van der Waals surface area contributed by atoms with Gasteiger partial charge >= 0.3 is 5.97 Å². The SMILES string of the molecule is CC(C(N)=O)N1CCc2cccc(C(=O)O)c2C1. The van der Waals surface area contributed by atoms with Gasteiger partial charge in [-0.3, -0.25) is 9.69 Å². The number of nitrogens with two attached hydrogens (primary N) is 1. The van der Waals surface area contributed by atoms with E-state index < -0.39 is 5.97 Å². The van der Waals surface area contributed by atoms with Crippen LogP contribution in [0.25, 0.3) is 0 Å². The topological polar surface area (TPSA) is 83.6 Å². The summed E-state index contributed by atoms with van der Waals surface area (Å²) in [6, 6.07) is 4.92. The third kappa shape index (κ3) is 2.22. The molecule has 0 aliphatic carbocycles. The number of aromatic carboxylic acids is 1. The number of hydrogen-bond acceptors (Lipinski definition) is 3. The van der Waals surface area contributed by atoms with Crippen LogP contribution in [0.4, 0.5) is 0 Å². The van der Waals surface area contributed by atoms with Crippen LogP contribution in [-0.2, 0) is 17.8 Å². The molecule has 1 heterocycles. The summed E-state index contributed by atoms with van der Waals surface area (Å²) in [4.78, 5) is 24.3. The molecular weight excluding hydrogens is 232 g/mol. The van der Waals surface area contributed by atoms with Crippen LogP contribution < -0.4 is 5.73 Å². The zero-order valence-corrected chi connectivity index (χ0v) is 10.2. The first-order chi connectivity index (χ1) is 8.50. The van der Waals surface area contributed by atoms with Crippen LogP contribution in [0, 0.1) is 0 Å². The largest absolute Gasteiger partial charge is 0.478 e. The van der Waals surface area contributed by atoms with Gasteiger partial charge in [0.25, 0.3) is 0 Å². The van der Waals surface area contributed by atoms with Gasteiger partial charge < -0.3 is 10.8 Å². The lowest BCUT2D eigenvalue weighted by atomic mass is 9.94. The Balaban J connectivity index is 2.32. The quantitative estimate of drug-likeness (QED) is 0.821. The number of fused-ring (bicyclic) bond motifs is 1. The van der Waals surface area contributed by atoms with E-state index in [1.807, 2.05) is 11.0 Å². The monoisotopic (exact) mass is 248 g/mol. The second-order valence-electron chi connectivity index (χ2n) is 4.55. The fraction of sp³-hybridized carbons (Fsp3) is 0.385. The Bertz CT molecular complexity index is 499. The summed E-state index contributed by atoms with van der Waals surface area (Å²) in [5, 5.41) is 9.16. The van der Waals surface area contributed by atoms with E-state index in [1.165, 1.54) is 0 Å². The van der Waals surface area contributed by atoms with Gasteiger partial charge in [0.1, 0.15) is 0 Å². The van der Waals surface area contributed by atoms with E-state index in [4.69, 9.17) is 10.8 Å². The Morgan fingerprint density at radius 3 is 2.78 bits per heavy atom. The van der Waals surface area contributed by atoms with Gasteiger partial charge in [0.05, 0.1) is 11.6 Å². The van der Waals surface area contributed by atoms with Gasteiger partial charge in [-0.25, -0.2) is 4.79 Å². The Labute approximate surface area is 105 Å². The second kappa shape index (κ2) is 4.78. The lowest BCUT2D eigenvalue weighted by molar-refractivity contribution is -0.123. The van der Waals surface area contributed by atoms with Gasteiger partial charge in [-0.05, 0) is 30.5 Å². The van der Waals surface area contributed by atoms with Crippen molar-refractivity contribution in [3.63, 3.8) is 0 Å². The number of carbonyl (C=O) groups is 2. The van der Waals surface area contributed by atoms with Gasteiger partial charge in [-0.15, -0.1) is 0 Å². The Morgan fingerprint density at radius 1 is 1.44 bits per heavy atom. The maximum atomic E-state index is 11.2. The molecule has 0 radical (unpaired) electrons. The van der Waals surface area contributed by atoms with Crippen LogP contribution in [0.15, 0.2) is 18.2 Å². The Hall–Kier alpha value is -1.88. The zero-order valence-electron chi connectivity index (χ0n) is 10.2. The maximum absolute atomic E-state index is 11.2. The third-order valence-electron chi connectivity index (χ3n) is 3.49. The molecular formula is C13H16N2O3. The molecule has 5 heteroatoms. The highest BCUT2D eigenvalue weighted by atomic mass is 16.4. The van der Waals surface area contributed by atoms with E-state index >= 15 is 0 Å². The van der Waals surface area contributed by atoms with Gasteiger partial charge in [-0.1, -0.05) is 12.1 Å². The number of carboxylic acids is 1. The van der Waals surface area contributed by atoms with Gasteiger partial charge in [0.15, 0.2) is 0 Å². The van der Waals surface area contributed by atoms with Gasteiger partial charge in [0.2, 0.25) is 5.91 Å². The number of rotatable bonds is 3. The highest BCUT2D eigenvalue weighted by Crippen LogP contribution is 2.24. The Kier molecular flexibility index (Phi) is 3.34. The van der Waals surface area contributed by atoms with Crippen molar-refractivity contribution in [2.45, 2.75) is 25.9 Å². The van der Waals surface area contributed by atoms with Crippen molar-refractivity contribution in [3.05, 3.63) is 34.9 Å². The van der Waals surface area contributed by atoms with E-state index in [1.54, 1.807) is 19.1 Å². The number of primary amides is 1. The second-order valence-corrected chi connectivity index (χ2v) is 4.55. The summed E-state index contributed by atoms with van der Waals surface area (Å²) in [7, 11) is 0. The third-order valence-corrected chi connectivity index (χ3v) is 3.49. The molecule has 1 aromatic carbocycles. The molecule has 0 spiro atoms. The average Bonchev–Trinajstić information content (AvgIpc) is 2.36. The molecule has 96 valence electrons. The minimum absolute atomic E-state index is 0.314. The number of benzene rings is 1. The molecule has 1 amide bonds. The molecule has 0 fully saturated rings. The Morgan fingerprint density at radius 2 is 2.17 bits per heavy atom. The fourth-order valence-corrected chi connectivity index (χ4v) is 2.31. The predicted octanol–water partition coefficient (Wildman–Crippen LogP) is 0.617. The number of carbonyl (C=O) groups excluding carboxylic acids is 1. The van der Waals surface area contributed by atoms with Crippen molar-refractivity contribution in [1.82, 2.24) is 4.90 Å². The molecule has 18 heavy (non-hydrogen) atoms. The predicted molar refractivity (Wildman–Crippen MR) is 66.2 cm³/mol. The van der Waals surface area contributed by atoms with E-state index in [9.17, 15) is 9.59 Å². The minimum Gasteiger partial charge on any atom is -0.478 e. The van der Waals surface area contributed by atoms with E-state index in [0.717, 1.165) is 24.1 Å². The molecule has 0 saturated carbocycles. The standard InChI is InChI=1S/C13H16N2O3/c1-8(12(14)16)15-6-5-9-3-2-4-10(13(17)18)11(9)7-15/h2-4,8H,5-7H2,1H3,(H2,14,16)(H,17,18). The first kappa shape index (κ1) is 12.6. The van der Waals surface area contributed by atoms with Crippen LogP contribution in [0.5, 0.6) is 0 Å². The first-order valence-corrected chi connectivity index (χ1v) is 5.88. The molecule has 3 N–H and O–H groups in total.